The van der Waals surface area contributed by atoms with Crippen molar-refractivity contribution in [2.45, 2.75) is 0 Å². The van der Waals surface area contributed by atoms with E-state index in [1.807, 2.05) is 48.3 Å². The van der Waals surface area contributed by atoms with Crippen molar-refractivity contribution in [2.75, 3.05) is 0 Å². The van der Waals surface area contributed by atoms with Crippen molar-refractivity contribution in [1.82, 2.24) is 14.5 Å². The largest absolute Gasteiger partial charge is 0.349 e. The van der Waals surface area contributed by atoms with Gasteiger partial charge in [0.1, 0.15) is 5.65 Å². The minimum Gasteiger partial charge on any atom is -0.349 e. The van der Waals surface area contributed by atoms with Gasteiger partial charge in [-0.2, -0.15) is 0 Å². The molecule has 6 heteroatoms. The second-order valence-electron chi connectivity index (χ2n) is 4.45. The summed E-state index contributed by atoms with van der Waals surface area (Å²) in [5.41, 5.74) is 3.25. The molecule has 0 bridgehead atoms. The zero-order valence-corrected chi connectivity index (χ0v) is 12.1. The molecule has 3 rings (SSSR count). The standard InChI is InChI=1S/C14H14N5P/c1-19-8-2-3-11(19)14(20)18-12(15)9-4-6-16-13-10(9)5-7-17-13/h2-8,15H,20H2,1H3,(H,16,17)/b15-12?,18-14-. The maximum Gasteiger partial charge on any atom is 0.153 e. The second-order valence-corrected chi connectivity index (χ2v) is 5.00. The van der Waals surface area contributed by atoms with E-state index in [2.05, 4.69) is 24.2 Å². The van der Waals surface area contributed by atoms with E-state index in [4.69, 9.17) is 5.41 Å². The van der Waals surface area contributed by atoms with Gasteiger partial charge >= 0.3 is 0 Å². The Morgan fingerprint density at radius 2 is 2.25 bits per heavy atom. The molecule has 0 radical (unpaired) electrons. The van der Waals surface area contributed by atoms with Crippen molar-refractivity contribution in [1.29, 1.82) is 5.41 Å². The number of amidine groups is 1. The molecular weight excluding hydrogens is 269 g/mol. The highest BCUT2D eigenvalue weighted by atomic mass is 31.0. The number of H-pyrrole nitrogens is 1. The third kappa shape index (κ3) is 2.17. The Labute approximate surface area is 118 Å². The predicted octanol–water partition coefficient (Wildman–Crippen LogP) is 2.55. The molecule has 2 N–H and O–H groups in total. The first kappa shape index (κ1) is 12.8. The summed E-state index contributed by atoms with van der Waals surface area (Å²) in [5.74, 6) is 0.225. The number of nitrogens with zero attached hydrogens (tertiary/aromatic N) is 3. The van der Waals surface area contributed by atoms with Gasteiger partial charge < -0.3 is 9.55 Å². The van der Waals surface area contributed by atoms with Crippen LogP contribution in [0.15, 0.2) is 47.8 Å². The monoisotopic (exact) mass is 283 g/mol. The number of aliphatic imine (C=N–C) groups is 1. The molecule has 0 aliphatic carbocycles. The fourth-order valence-corrected chi connectivity index (χ4v) is 2.56. The topological polar surface area (TPSA) is 69.8 Å². The zero-order valence-electron chi connectivity index (χ0n) is 11.0. The summed E-state index contributed by atoms with van der Waals surface area (Å²) < 4.78 is 1.97. The van der Waals surface area contributed by atoms with E-state index in [9.17, 15) is 0 Å². The van der Waals surface area contributed by atoms with Crippen LogP contribution in [-0.2, 0) is 7.05 Å². The maximum atomic E-state index is 8.20. The molecule has 3 aromatic rings. The van der Waals surface area contributed by atoms with Gasteiger partial charge in [-0.15, -0.1) is 0 Å². The fraction of sp³-hybridized carbons (Fsp3) is 0.0714. The molecule has 0 aromatic carbocycles. The van der Waals surface area contributed by atoms with Crippen molar-refractivity contribution in [3.63, 3.8) is 0 Å². The van der Waals surface area contributed by atoms with Crippen LogP contribution >= 0.6 is 9.24 Å². The highest BCUT2D eigenvalue weighted by Gasteiger charge is 2.09. The van der Waals surface area contributed by atoms with Crippen LogP contribution in [0.5, 0.6) is 0 Å². The van der Waals surface area contributed by atoms with Crippen molar-refractivity contribution < 1.29 is 0 Å². The van der Waals surface area contributed by atoms with Crippen LogP contribution in [0, 0.1) is 5.41 Å². The summed E-state index contributed by atoms with van der Waals surface area (Å²) in [5, 5.41) is 9.11. The van der Waals surface area contributed by atoms with Crippen LogP contribution in [0.25, 0.3) is 11.0 Å². The lowest BCUT2D eigenvalue weighted by atomic mass is 10.2. The quantitative estimate of drug-likeness (QED) is 0.423. The van der Waals surface area contributed by atoms with Crippen molar-refractivity contribution in [3.8, 4) is 0 Å². The van der Waals surface area contributed by atoms with E-state index in [0.29, 0.717) is 0 Å². The molecule has 0 saturated carbocycles. The van der Waals surface area contributed by atoms with Crippen LogP contribution in [0.4, 0.5) is 0 Å². The van der Waals surface area contributed by atoms with Crippen LogP contribution in [0.3, 0.4) is 0 Å². The van der Waals surface area contributed by atoms with E-state index in [1.54, 1.807) is 6.20 Å². The molecule has 0 aliphatic rings. The molecule has 0 aliphatic heterocycles. The number of nitrogens with one attached hydrogen (secondary N) is 2. The minimum atomic E-state index is 0.225. The van der Waals surface area contributed by atoms with Crippen molar-refractivity contribution in [2.24, 2.45) is 12.0 Å². The Balaban J connectivity index is 2.01. The summed E-state index contributed by atoms with van der Waals surface area (Å²) >= 11 is 0. The van der Waals surface area contributed by atoms with Gasteiger partial charge in [-0.1, -0.05) is 9.24 Å². The number of pyridine rings is 1. The Morgan fingerprint density at radius 3 is 3.00 bits per heavy atom. The Morgan fingerprint density at radius 1 is 1.40 bits per heavy atom. The molecule has 0 saturated heterocycles. The van der Waals surface area contributed by atoms with E-state index in [0.717, 1.165) is 27.7 Å². The molecule has 0 spiro atoms. The molecule has 5 nitrogen and oxygen atoms in total. The lowest BCUT2D eigenvalue weighted by Crippen LogP contribution is -2.04. The third-order valence-corrected chi connectivity index (χ3v) is 3.58. The summed E-state index contributed by atoms with van der Waals surface area (Å²) in [6.45, 7) is 0. The normalized spacial score (nSPS) is 12.0. The van der Waals surface area contributed by atoms with Gasteiger partial charge in [0, 0.05) is 36.6 Å². The number of aromatic nitrogens is 3. The van der Waals surface area contributed by atoms with E-state index < -0.39 is 0 Å². The summed E-state index contributed by atoms with van der Waals surface area (Å²) in [4.78, 5) is 11.6. The van der Waals surface area contributed by atoms with E-state index in [-0.39, 0.29) is 5.84 Å². The summed E-state index contributed by atoms with van der Waals surface area (Å²) in [7, 11) is 4.54. The van der Waals surface area contributed by atoms with Gasteiger partial charge in [0.25, 0.3) is 0 Å². The number of rotatable bonds is 2. The zero-order chi connectivity index (χ0) is 14.1. The SMILES string of the molecule is Cn1cccc1/C(P)=N/C(=N)c1ccnc2[nH]ccc12. The number of hydrogen-bond donors (Lipinski definition) is 2. The fourth-order valence-electron chi connectivity index (χ4n) is 2.13. The smallest absolute Gasteiger partial charge is 0.153 e. The van der Waals surface area contributed by atoms with Gasteiger partial charge in [-0.3, -0.25) is 5.41 Å². The van der Waals surface area contributed by atoms with E-state index in [1.165, 1.54) is 0 Å². The van der Waals surface area contributed by atoms with Crippen molar-refractivity contribution in [3.05, 3.63) is 54.1 Å². The molecule has 3 aromatic heterocycles. The lowest BCUT2D eigenvalue weighted by molar-refractivity contribution is 0.917. The first-order valence-electron chi connectivity index (χ1n) is 6.13. The molecule has 0 amide bonds. The van der Waals surface area contributed by atoms with E-state index >= 15 is 0 Å². The molecule has 1 unspecified atom stereocenters. The highest BCUT2D eigenvalue weighted by Crippen LogP contribution is 2.17. The number of fused-ring (bicyclic) bond motifs is 1. The van der Waals surface area contributed by atoms with Gasteiger partial charge in [0.05, 0.1) is 11.1 Å². The van der Waals surface area contributed by atoms with Crippen LogP contribution in [0.2, 0.25) is 0 Å². The average Bonchev–Trinajstić information content (AvgIpc) is 3.05. The molecule has 100 valence electrons. The molecule has 1 atom stereocenters. The molecule has 3 heterocycles. The predicted molar refractivity (Wildman–Crippen MR) is 84.6 cm³/mol. The van der Waals surface area contributed by atoms with Crippen LogP contribution in [0.1, 0.15) is 11.3 Å². The number of hydrogen-bond acceptors (Lipinski definition) is 2. The maximum absolute atomic E-state index is 8.20. The molecular formula is C14H14N5P. The van der Waals surface area contributed by atoms with Gasteiger partial charge in [0.15, 0.2) is 5.84 Å². The third-order valence-electron chi connectivity index (χ3n) is 3.15. The highest BCUT2D eigenvalue weighted by molar-refractivity contribution is 7.42. The Kier molecular flexibility index (Phi) is 3.20. The summed E-state index contributed by atoms with van der Waals surface area (Å²) in [6.07, 6.45) is 5.45. The first-order valence-corrected chi connectivity index (χ1v) is 6.71. The van der Waals surface area contributed by atoms with Crippen LogP contribution in [-0.4, -0.2) is 25.8 Å². The second kappa shape index (κ2) is 5.02. The lowest BCUT2D eigenvalue weighted by Gasteiger charge is -2.04. The Bertz CT molecular complexity index is 812. The van der Waals surface area contributed by atoms with Gasteiger partial charge in [-0.25, -0.2) is 9.98 Å². The molecule has 20 heavy (non-hydrogen) atoms. The average molecular weight is 283 g/mol. The van der Waals surface area contributed by atoms with Gasteiger partial charge in [-0.05, 0) is 24.3 Å². The van der Waals surface area contributed by atoms with Gasteiger partial charge in [0.2, 0.25) is 0 Å². The first-order chi connectivity index (χ1) is 9.66. The number of aryl methyl sites for hydroxylation is 1. The van der Waals surface area contributed by atoms with Crippen molar-refractivity contribution >= 4 is 31.6 Å². The number of aromatic amines is 1. The summed E-state index contributed by atoms with van der Waals surface area (Å²) in [6, 6.07) is 7.64. The Hall–Kier alpha value is -2.26. The molecule has 0 fully saturated rings. The van der Waals surface area contributed by atoms with Crippen LogP contribution < -0.4 is 0 Å². The minimum absolute atomic E-state index is 0.225.